The lowest BCUT2D eigenvalue weighted by molar-refractivity contribution is -0.192. The number of phenols is 1. The number of aliphatic imine (C=N–C) groups is 1. The van der Waals surface area contributed by atoms with E-state index >= 15 is 0 Å². The first-order valence-corrected chi connectivity index (χ1v) is 29.4. The number of aliphatic carboxylic acids is 1. The van der Waals surface area contributed by atoms with Gasteiger partial charge in [-0.05, 0) is 73.8 Å². The molecule has 0 bridgehead atoms. The largest absolute Gasteiger partial charge is 0.508 e. The Labute approximate surface area is 529 Å². The Morgan fingerprint density at radius 1 is 0.753 bits per heavy atom. The van der Waals surface area contributed by atoms with Crippen LogP contribution in [0.5, 0.6) is 5.75 Å². The molecule has 506 valence electrons. The van der Waals surface area contributed by atoms with E-state index in [0.29, 0.717) is 34.1 Å². The van der Waals surface area contributed by atoms with Gasteiger partial charge < -0.3 is 94.8 Å². The number of para-hydroxylation sites is 1. The van der Waals surface area contributed by atoms with E-state index in [1.54, 1.807) is 62.1 Å². The van der Waals surface area contributed by atoms with Crippen molar-refractivity contribution in [2.24, 2.45) is 35.2 Å². The molecule has 2 aliphatic heterocycles. The summed E-state index contributed by atoms with van der Waals surface area (Å²) >= 11 is 0. The molecule has 93 heavy (non-hydrogen) atoms. The van der Waals surface area contributed by atoms with Gasteiger partial charge in [0.2, 0.25) is 65.0 Å². The highest BCUT2D eigenvalue weighted by Crippen LogP contribution is 2.22. The number of aromatic nitrogens is 3. The highest BCUT2D eigenvalue weighted by Gasteiger charge is 2.40. The molecule has 2 aromatic heterocycles. The van der Waals surface area contributed by atoms with Gasteiger partial charge in [-0.15, -0.1) is 0 Å². The minimum absolute atomic E-state index is 0.0156. The van der Waals surface area contributed by atoms with Gasteiger partial charge in [-0.2, -0.15) is 13.2 Å². The van der Waals surface area contributed by atoms with Crippen LogP contribution in [-0.2, 0) is 83.8 Å². The molecular weight excluding hydrogens is 1230 g/mol. The van der Waals surface area contributed by atoms with Gasteiger partial charge in [0, 0.05) is 69.1 Å². The lowest BCUT2D eigenvalue weighted by atomic mass is 10.0. The van der Waals surface area contributed by atoms with Crippen LogP contribution < -0.4 is 65.1 Å². The Kier molecular flexibility index (Phi) is 27.4. The van der Waals surface area contributed by atoms with Crippen LogP contribution >= 0.6 is 0 Å². The molecule has 2 aliphatic rings. The van der Waals surface area contributed by atoms with Crippen molar-refractivity contribution >= 4 is 87.8 Å². The van der Waals surface area contributed by atoms with E-state index in [9.17, 15) is 76.1 Å². The highest BCUT2D eigenvalue weighted by molar-refractivity contribution is 5.99. The average Bonchev–Trinajstić information content (AvgIpc) is 1.86. The second kappa shape index (κ2) is 34.7. The summed E-state index contributed by atoms with van der Waals surface area (Å²) in [7, 11) is 1.71. The number of primary amides is 1. The van der Waals surface area contributed by atoms with Crippen molar-refractivity contribution in [3.05, 3.63) is 84.1 Å². The number of halogens is 3. The fourth-order valence-corrected chi connectivity index (χ4v) is 9.96. The van der Waals surface area contributed by atoms with E-state index < -0.39 is 139 Å². The van der Waals surface area contributed by atoms with Gasteiger partial charge in [0.25, 0.3) is 0 Å². The number of rotatable bonds is 31. The maximum Gasteiger partial charge on any atom is 0.490 e. The molecule has 0 saturated carbocycles. The quantitative estimate of drug-likeness (QED) is 0.0131. The number of carboxylic acid groups (broad SMARTS) is 1. The zero-order valence-corrected chi connectivity index (χ0v) is 51.0. The monoisotopic (exact) mass is 1310 g/mol. The number of benzene rings is 2. The number of carbonyl (C=O) groups excluding carboxylic acids is 11. The third kappa shape index (κ3) is 23.4. The Morgan fingerprint density at radius 2 is 1.37 bits per heavy atom. The van der Waals surface area contributed by atoms with Crippen LogP contribution in [0.25, 0.3) is 10.9 Å². The molecule has 11 amide bonds. The van der Waals surface area contributed by atoms with Crippen LogP contribution in [0.4, 0.5) is 13.2 Å². The van der Waals surface area contributed by atoms with Crippen molar-refractivity contribution in [2.75, 3.05) is 32.8 Å². The van der Waals surface area contributed by atoms with Crippen LogP contribution in [0.2, 0.25) is 0 Å². The van der Waals surface area contributed by atoms with E-state index in [2.05, 4.69) is 62.8 Å². The average molecular weight is 1310 g/mol. The maximum atomic E-state index is 14.5. The molecule has 8 unspecified atom stereocenters. The normalized spacial score (nSPS) is 16.3. The van der Waals surface area contributed by atoms with Crippen molar-refractivity contribution in [1.82, 2.24) is 67.3 Å². The van der Waals surface area contributed by atoms with Crippen molar-refractivity contribution in [3.8, 4) is 5.75 Å². The molecule has 4 heterocycles. The fraction of sp³-hybridized carbons (Fsp3) is 0.483. The van der Waals surface area contributed by atoms with E-state index in [-0.39, 0.29) is 94.4 Å². The van der Waals surface area contributed by atoms with Gasteiger partial charge in [0.05, 0.1) is 31.7 Å². The predicted molar refractivity (Wildman–Crippen MR) is 324 cm³/mol. The number of imidazole rings is 1. The summed E-state index contributed by atoms with van der Waals surface area (Å²) in [6, 6.07) is 2.37. The number of H-pyrrole nitrogens is 1. The first-order chi connectivity index (χ1) is 43.9. The zero-order chi connectivity index (χ0) is 68.7. The molecular formula is C58H78F3N17O15. The first kappa shape index (κ1) is 73.4. The molecule has 2 fully saturated rings. The van der Waals surface area contributed by atoms with Crippen molar-refractivity contribution in [3.63, 3.8) is 0 Å². The molecule has 19 N–H and O–H groups in total. The van der Waals surface area contributed by atoms with Crippen LogP contribution in [0.3, 0.4) is 0 Å². The number of likely N-dealkylation sites (tertiary alicyclic amines) is 1. The number of aryl methyl sites for hydroxylation is 1. The number of nitrogens with one attached hydrogen (secondary N) is 10. The second-order valence-corrected chi connectivity index (χ2v) is 22.4. The Bertz CT molecular complexity index is 3350. The fourth-order valence-electron chi connectivity index (χ4n) is 9.96. The van der Waals surface area contributed by atoms with Crippen LogP contribution in [0.15, 0.2) is 72.2 Å². The number of aromatic amines is 1. The topological polar surface area (TPSA) is 501 Å². The number of hydrogen-bond donors (Lipinski definition) is 16. The lowest BCUT2D eigenvalue weighted by Crippen LogP contribution is -2.60. The zero-order valence-electron chi connectivity index (χ0n) is 51.0. The van der Waals surface area contributed by atoms with Crippen molar-refractivity contribution in [2.45, 2.75) is 133 Å². The lowest BCUT2D eigenvalue weighted by Gasteiger charge is -2.30. The number of carbonyl (C=O) groups is 12. The molecule has 32 nitrogen and oxygen atoms in total. The van der Waals surface area contributed by atoms with Gasteiger partial charge in [0.15, 0.2) is 5.96 Å². The summed E-state index contributed by atoms with van der Waals surface area (Å²) in [6.07, 6.45) is 0.469. The third-order valence-electron chi connectivity index (χ3n) is 14.5. The number of aliphatic hydroxyl groups excluding tert-OH is 1. The number of phenolic OH excluding ortho intramolecular Hbond substituents is 1. The second-order valence-electron chi connectivity index (χ2n) is 22.4. The van der Waals surface area contributed by atoms with Gasteiger partial charge in [-0.1, -0.05) is 44.2 Å². The number of nitrogens with two attached hydrogens (primary N) is 3. The molecule has 8 atom stereocenters. The van der Waals surface area contributed by atoms with E-state index in [4.69, 9.17) is 27.1 Å². The number of aromatic hydroxyl groups is 1. The molecule has 2 aromatic carbocycles. The molecule has 2 saturated heterocycles. The van der Waals surface area contributed by atoms with Crippen molar-refractivity contribution < 1.29 is 86.0 Å². The molecule has 0 radical (unpaired) electrons. The molecule has 4 aromatic rings. The Balaban J connectivity index is 0.00000211. The summed E-state index contributed by atoms with van der Waals surface area (Å²) < 4.78 is 33.4. The smallest absolute Gasteiger partial charge is 0.490 e. The van der Waals surface area contributed by atoms with Crippen LogP contribution in [-0.4, -0.2) is 199 Å². The minimum atomic E-state index is -5.08. The molecule has 6 rings (SSSR count). The predicted octanol–water partition coefficient (Wildman–Crippen LogP) is -3.74. The van der Waals surface area contributed by atoms with Crippen LogP contribution in [0.1, 0.15) is 75.6 Å². The Morgan fingerprint density at radius 3 is 1.96 bits per heavy atom. The highest BCUT2D eigenvalue weighted by atomic mass is 19.4. The summed E-state index contributed by atoms with van der Waals surface area (Å²) in [5.41, 5.74) is 18.3. The van der Waals surface area contributed by atoms with Gasteiger partial charge >= 0.3 is 12.1 Å². The minimum Gasteiger partial charge on any atom is -0.508 e. The maximum absolute atomic E-state index is 14.5. The standard InChI is InChI=1S/C56H77N17O13.C2HF3O2/c1-30(2)20-39(50(81)67-38(10-6-18-60-56(58)59)55(86)73-19-7-11-44(73)54(85)62-25-45(57)76)66-47(78)26-63-48(79)40(21-31-12-14-34(75)15-13-31)68-53(84)43(28-74)71-51(82)41(22-32-24-61-36-9-5-4-8-35(32)36)69-52(83)42(23-33-27-72(3)29-64-33)70-49(80)37-16-17-46(77)65-37;3-2(4,5)1(6)7/h4-5,8-9,12-15,24,27,29-30,37-44,61,74-75H,6-7,10-11,16-23,25-26,28H2,1-3H3,(H2,57,76)(H,62,85)(H,63,79)(H,65,77)(H,66,78)(H,67,81)(H,68,84)(H,69,83)(H,70,80)(H,71,82)(H4,58,59,60);(H,6,7). The summed E-state index contributed by atoms with van der Waals surface area (Å²) in [6.45, 7) is 1.62. The first-order valence-electron chi connectivity index (χ1n) is 29.4. The SMILES string of the molecule is CC(C)CC(NC(=O)CNC(=O)C(Cc1ccc(O)cc1)NC(=O)C(CO)NC(=O)C(Cc1c[nH]c2ccccc12)NC(=O)C(Cc1cn(C)cn1)NC(=O)C1CCC(=O)N1)C(=O)NC(CCCN=C(N)N)C(=O)N1CCCC1C(=O)NCC(N)=O.O=C(O)C(F)(F)F. The van der Waals surface area contributed by atoms with Gasteiger partial charge in [-0.25, -0.2) is 9.78 Å². The number of carboxylic acids is 1. The van der Waals surface area contributed by atoms with Gasteiger partial charge in [-0.3, -0.25) is 57.7 Å². The number of guanidine groups is 1. The number of amides is 11. The van der Waals surface area contributed by atoms with Crippen LogP contribution in [0, 0.1) is 5.92 Å². The number of aliphatic hydroxyl groups is 1. The number of fused-ring (bicyclic) bond motifs is 1. The van der Waals surface area contributed by atoms with E-state index in [1.165, 1.54) is 35.5 Å². The number of nitrogens with zero attached hydrogens (tertiary/aromatic N) is 4. The molecule has 0 aliphatic carbocycles. The molecule has 0 spiro atoms. The summed E-state index contributed by atoms with van der Waals surface area (Å²) in [4.78, 5) is 170. The van der Waals surface area contributed by atoms with E-state index in [0.717, 1.165) is 0 Å². The van der Waals surface area contributed by atoms with Crippen molar-refractivity contribution in [1.29, 1.82) is 0 Å². The number of hydrogen-bond acceptors (Lipinski definition) is 16. The number of alkyl halides is 3. The molecule has 35 heteroatoms. The van der Waals surface area contributed by atoms with E-state index in [1.807, 2.05) is 0 Å². The summed E-state index contributed by atoms with van der Waals surface area (Å²) in [5, 5.41) is 51.7. The Hall–Kier alpha value is -10.3. The van der Waals surface area contributed by atoms with Gasteiger partial charge in [0.1, 0.15) is 54.1 Å². The third-order valence-corrected chi connectivity index (χ3v) is 14.5. The summed E-state index contributed by atoms with van der Waals surface area (Å²) in [5.74, 6) is -11.6.